The molecule has 0 saturated carbocycles. The first-order valence-corrected chi connectivity index (χ1v) is 6.35. The molecule has 94 valence electrons. The molecule has 2 heterocycles. The maximum absolute atomic E-state index is 9.40. The van der Waals surface area contributed by atoms with E-state index in [9.17, 15) is 5.11 Å². The van der Waals surface area contributed by atoms with Crippen LogP contribution in [0.3, 0.4) is 0 Å². The molecule has 0 spiro atoms. The highest BCUT2D eigenvalue weighted by atomic mass is 16.3. The van der Waals surface area contributed by atoms with Gasteiger partial charge in [-0.05, 0) is 23.8 Å². The van der Waals surface area contributed by atoms with Gasteiger partial charge in [0.25, 0.3) is 0 Å². The van der Waals surface area contributed by atoms with E-state index in [0.29, 0.717) is 11.5 Å². The van der Waals surface area contributed by atoms with Crippen LogP contribution in [-0.2, 0) is 13.0 Å². The van der Waals surface area contributed by atoms with E-state index in [1.807, 2.05) is 6.07 Å². The molecule has 2 N–H and O–H groups in total. The highest BCUT2D eigenvalue weighted by molar-refractivity contribution is 5.27. The molecule has 0 amide bonds. The zero-order chi connectivity index (χ0) is 12.5. The first-order chi connectivity index (χ1) is 7.94. The lowest BCUT2D eigenvalue weighted by Crippen LogP contribution is -2.36. The summed E-state index contributed by atoms with van der Waals surface area (Å²) in [5, 5.41) is 12.9. The largest absolute Gasteiger partial charge is 0.493 e. The van der Waals surface area contributed by atoms with Crippen molar-refractivity contribution in [3.8, 4) is 5.88 Å². The summed E-state index contributed by atoms with van der Waals surface area (Å²) in [6, 6.07) is 4.12. The van der Waals surface area contributed by atoms with Gasteiger partial charge in [0.1, 0.15) is 0 Å². The SMILES string of the molecule is CC(C)(C)CCC1Cc2nc(O)ccc2CN1. The minimum atomic E-state index is 0.139. The first-order valence-electron chi connectivity index (χ1n) is 6.35. The van der Waals surface area contributed by atoms with Gasteiger partial charge in [0.15, 0.2) is 0 Å². The molecule has 3 heteroatoms. The first kappa shape index (κ1) is 12.4. The van der Waals surface area contributed by atoms with Crippen molar-refractivity contribution in [2.45, 2.75) is 52.6 Å². The molecule has 0 fully saturated rings. The minimum absolute atomic E-state index is 0.139. The van der Waals surface area contributed by atoms with Crippen LogP contribution < -0.4 is 5.32 Å². The summed E-state index contributed by atoms with van der Waals surface area (Å²) in [6.45, 7) is 7.69. The van der Waals surface area contributed by atoms with E-state index in [4.69, 9.17) is 0 Å². The lowest BCUT2D eigenvalue weighted by molar-refractivity contribution is 0.320. The van der Waals surface area contributed by atoms with E-state index in [0.717, 1.165) is 18.7 Å². The molecule has 0 radical (unpaired) electrons. The molecule has 1 aromatic rings. The van der Waals surface area contributed by atoms with Gasteiger partial charge in [0.2, 0.25) is 5.88 Å². The van der Waals surface area contributed by atoms with E-state index in [1.165, 1.54) is 18.4 Å². The van der Waals surface area contributed by atoms with E-state index in [1.54, 1.807) is 6.07 Å². The van der Waals surface area contributed by atoms with Gasteiger partial charge in [-0.15, -0.1) is 0 Å². The summed E-state index contributed by atoms with van der Waals surface area (Å²) in [6.07, 6.45) is 3.30. The Balaban J connectivity index is 1.98. The molecular formula is C14H22N2O. The summed E-state index contributed by atoms with van der Waals surface area (Å²) in [5.74, 6) is 0.139. The van der Waals surface area contributed by atoms with Gasteiger partial charge in [0, 0.05) is 25.1 Å². The third-order valence-electron chi connectivity index (χ3n) is 3.32. The number of aromatic nitrogens is 1. The Labute approximate surface area is 103 Å². The Morgan fingerprint density at radius 1 is 1.41 bits per heavy atom. The molecule has 17 heavy (non-hydrogen) atoms. The number of hydrogen-bond donors (Lipinski definition) is 2. The van der Waals surface area contributed by atoms with Crippen LogP contribution in [0.15, 0.2) is 12.1 Å². The Morgan fingerprint density at radius 2 is 2.18 bits per heavy atom. The molecule has 3 nitrogen and oxygen atoms in total. The van der Waals surface area contributed by atoms with Crippen LogP contribution in [0.25, 0.3) is 0 Å². The zero-order valence-electron chi connectivity index (χ0n) is 11.0. The number of nitrogens with one attached hydrogen (secondary N) is 1. The van der Waals surface area contributed by atoms with Crippen molar-refractivity contribution in [3.05, 3.63) is 23.4 Å². The standard InChI is InChI=1S/C14H22N2O/c1-14(2,3)7-6-11-8-12-10(9-15-11)4-5-13(17)16-12/h4-5,11,15H,6-9H2,1-3H3,(H,16,17). The predicted octanol–water partition coefficient (Wildman–Crippen LogP) is 2.63. The maximum Gasteiger partial charge on any atom is 0.210 e. The Kier molecular flexibility index (Phi) is 3.38. The van der Waals surface area contributed by atoms with Crippen molar-refractivity contribution in [1.29, 1.82) is 0 Å². The quantitative estimate of drug-likeness (QED) is 0.827. The van der Waals surface area contributed by atoms with Gasteiger partial charge in [-0.25, -0.2) is 4.98 Å². The summed E-state index contributed by atoms with van der Waals surface area (Å²) in [7, 11) is 0. The Hall–Kier alpha value is -1.09. The van der Waals surface area contributed by atoms with Crippen molar-refractivity contribution < 1.29 is 5.11 Å². The van der Waals surface area contributed by atoms with Gasteiger partial charge in [0.05, 0.1) is 5.69 Å². The van der Waals surface area contributed by atoms with Crippen molar-refractivity contribution in [3.63, 3.8) is 0 Å². The van der Waals surface area contributed by atoms with Crippen molar-refractivity contribution in [2.24, 2.45) is 5.41 Å². The highest BCUT2D eigenvalue weighted by Crippen LogP contribution is 2.25. The molecule has 0 aromatic carbocycles. The van der Waals surface area contributed by atoms with E-state index < -0.39 is 0 Å². The third kappa shape index (κ3) is 3.43. The average molecular weight is 234 g/mol. The Morgan fingerprint density at radius 3 is 2.88 bits per heavy atom. The Bertz CT molecular complexity index is 396. The second-order valence-electron chi connectivity index (χ2n) is 6.16. The molecule has 0 saturated heterocycles. The normalized spacial score (nSPS) is 20.1. The number of nitrogens with zero attached hydrogens (tertiary/aromatic N) is 1. The van der Waals surface area contributed by atoms with Crippen LogP contribution in [0.1, 0.15) is 44.9 Å². The van der Waals surface area contributed by atoms with Gasteiger partial charge in [-0.3, -0.25) is 0 Å². The summed E-state index contributed by atoms with van der Waals surface area (Å²) in [4.78, 5) is 4.22. The van der Waals surface area contributed by atoms with Gasteiger partial charge >= 0.3 is 0 Å². The average Bonchev–Trinajstić information content (AvgIpc) is 2.24. The smallest absolute Gasteiger partial charge is 0.210 e. The maximum atomic E-state index is 9.40. The molecule has 1 aliphatic heterocycles. The van der Waals surface area contributed by atoms with E-state index in [-0.39, 0.29) is 5.88 Å². The molecule has 0 aliphatic carbocycles. The van der Waals surface area contributed by atoms with Gasteiger partial charge < -0.3 is 10.4 Å². The van der Waals surface area contributed by atoms with E-state index in [2.05, 4.69) is 31.1 Å². The fourth-order valence-corrected chi connectivity index (χ4v) is 2.23. The van der Waals surface area contributed by atoms with Crippen LogP contribution in [-0.4, -0.2) is 16.1 Å². The van der Waals surface area contributed by atoms with Crippen LogP contribution in [0, 0.1) is 5.41 Å². The fraction of sp³-hybridized carbons (Fsp3) is 0.643. The van der Waals surface area contributed by atoms with Crippen LogP contribution in [0.5, 0.6) is 5.88 Å². The number of aromatic hydroxyl groups is 1. The summed E-state index contributed by atoms with van der Waals surface area (Å²) in [5.41, 5.74) is 2.66. The topological polar surface area (TPSA) is 45.2 Å². The van der Waals surface area contributed by atoms with Crippen molar-refractivity contribution in [1.82, 2.24) is 10.3 Å². The molecule has 1 aliphatic rings. The summed E-state index contributed by atoms with van der Waals surface area (Å²) < 4.78 is 0. The molecule has 1 aromatic heterocycles. The summed E-state index contributed by atoms with van der Waals surface area (Å²) >= 11 is 0. The zero-order valence-corrected chi connectivity index (χ0v) is 11.0. The number of fused-ring (bicyclic) bond motifs is 1. The monoisotopic (exact) mass is 234 g/mol. The third-order valence-corrected chi connectivity index (χ3v) is 3.32. The second kappa shape index (κ2) is 4.65. The minimum Gasteiger partial charge on any atom is -0.493 e. The van der Waals surface area contributed by atoms with Crippen LogP contribution >= 0.6 is 0 Å². The van der Waals surface area contributed by atoms with Crippen LogP contribution in [0.4, 0.5) is 0 Å². The van der Waals surface area contributed by atoms with E-state index >= 15 is 0 Å². The second-order valence-corrected chi connectivity index (χ2v) is 6.16. The molecule has 1 atom stereocenters. The lowest BCUT2D eigenvalue weighted by Gasteiger charge is -2.28. The fourth-order valence-electron chi connectivity index (χ4n) is 2.23. The van der Waals surface area contributed by atoms with Gasteiger partial charge in [-0.1, -0.05) is 26.8 Å². The molecule has 1 unspecified atom stereocenters. The molecule has 0 bridgehead atoms. The van der Waals surface area contributed by atoms with Crippen molar-refractivity contribution >= 4 is 0 Å². The predicted molar refractivity (Wildman–Crippen MR) is 68.9 cm³/mol. The molecular weight excluding hydrogens is 212 g/mol. The number of rotatable bonds is 2. The highest BCUT2D eigenvalue weighted by Gasteiger charge is 2.21. The molecule has 2 rings (SSSR count). The number of pyridine rings is 1. The van der Waals surface area contributed by atoms with Crippen LogP contribution in [0.2, 0.25) is 0 Å². The van der Waals surface area contributed by atoms with Gasteiger partial charge in [-0.2, -0.15) is 0 Å². The van der Waals surface area contributed by atoms with Crippen molar-refractivity contribution in [2.75, 3.05) is 0 Å². The lowest BCUT2D eigenvalue weighted by atomic mass is 9.86. The number of hydrogen-bond acceptors (Lipinski definition) is 3.